The zero-order chi connectivity index (χ0) is 21.9. The van der Waals surface area contributed by atoms with Crippen LogP contribution >= 0.6 is 12.6 Å². The predicted molar refractivity (Wildman–Crippen MR) is 105 cm³/mol. The Hall–Kier alpha value is -2.35. The normalized spacial score (nSPS) is 11.1. The minimum absolute atomic E-state index is 0.118. The van der Waals surface area contributed by atoms with Crippen molar-refractivity contribution in [3.63, 3.8) is 0 Å². The van der Waals surface area contributed by atoms with Gasteiger partial charge in [0.25, 0.3) is 5.91 Å². The summed E-state index contributed by atoms with van der Waals surface area (Å²) in [6.45, 7) is -0.730. The average Bonchev–Trinajstić information content (AvgIpc) is 2.64. The van der Waals surface area contributed by atoms with E-state index in [0.29, 0.717) is 0 Å². The number of rotatable bonds is 7. The summed E-state index contributed by atoms with van der Waals surface area (Å²) in [6, 6.07) is 6.22. The van der Waals surface area contributed by atoms with Crippen LogP contribution in [-0.4, -0.2) is 66.3 Å². The first kappa shape index (κ1) is 22.9. The maximum absolute atomic E-state index is 13.0. The highest BCUT2D eigenvalue weighted by molar-refractivity contribution is 7.91. The summed E-state index contributed by atoms with van der Waals surface area (Å²) in [6.07, 6.45) is 0. The molecule has 0 unspecified atom stereocenters. The molecule has 2 aromatic rings. The van der Waals surface area contributed by atoms with E-state index in [0.717, 1.165) is 30.3 Å². The molecule has 0 radical (unpaired) electrons. The molecule has 0 aliphatic rings. The fraction of sp³-hybridized carbons (Fsp3) is 0.0667. The molecule has 0 saturated heterocycles. The number of benzene rings is 2. The number of hydrogen-bond donors (Lipinski definition) is 7. The van der Waals surface area contributed by atoms with Gasteiger partial charge < -0.3 is 30.5 Å². The number of carboxylic acid groups (broad SMARTS) is 1. The lowest BCUT2D eigenvalue weighted by Crippen LogP contribution is -2.34. The van der Waals surface area contributed by atoms with Crippen LogP contribution in [0.1, 0.15) is 10.4 Å². The molecule has 0 saturated carbocycles. The number of carbonyl (C=O) groups excluding carboxylic acids is 1. The number of thiol groups is 1. The Bertz CT molecular complexity index is 1060. The Morgan fingerprint density at radius 1 is 0.897 bits per heavy atom. The lowest BCUT2D eigenvalue weighted by atomic mass is 9.79. The van der Waals surface area contributed by atoms with Crippen molar-refractivity contribution in [2.24, 2.45) is 0 Å². The molecule has 152 valence electrons. The van der Waals surface area contributed by atoms with Gasteiger partial charge in [0.05, 0.1) is 9.79 Å². The SMILES string of the molecule is O=C(O)CNC(=O)c1cc(B(O)O)cc(S(=O)(=O)c2cc(S)cc(B(O)O)c2)c1. The Balaban J connectivity index is 2.60. The van der Waals surface area contributed by atoms with Crippen LogP contribution in [-0.2, 0) is 14.6 Å². The van der Waals surface area contributed by atoms with Crippen molar-refractivity contribution in [1.29, 1.82) is 0 Å². The van der Waals surface area contributed by atoms with Crippen molar-refractivity contribution in [2.45, 2.75) is 14.7 Å². The molecule has 0 aromatic heterocycles. The van der Waals surface area contributed by atoms with Gasteiger partial charge in [-0.1, -0.05) is 0 Å². The predicted octanol–water partition coefficient (Wildman–Crippen LogP) is -3.02. The molecule has 2 rings (SSSR count). The Morgan fingerprint density at radius 2 is 1.41 bits per heavy atom. The summed E-state index contributed by atoms with van der Waals surface area (Å²) >= 11 is 4.03. The second kappa shape index (κ2) is 8.98. The van der Waals surface area contributed by atoms with E-state index in [1.54, 1.807) is 0 Å². The largest absolute Gasteiger partial charge is 0.488 e. The summed E-state index contributed by atoms with van der Waals surface area (Å²) < 4.78 is 26.0. The second-order valence-electron chi connectivity index (χ2n) is 5.88. The van der Waals surface area contributed by atoms with Crippen molar-refractivity contribution < 1.29 is 43.2 Å². The van der Waals surface area contributed by atoms with E-state index < -0.39 is 47.4 Å². The monoisotopic (exact) mass is 439 g/mol. The number of aliphatic carboxylic acids is 1. The third-order valence-corrected chi connectivity index (χ3v) is 5.69. The number of sulfone groups is 1. The van der Waals surface area contributed by atoms with Gasteiger partial charge in [0.2, 0.25) is 9.84 Å². The number of carboxylic acids is 1. The molecule has 6 N–H and O–H groups in total. The van der Waals surface area contributed by atoms with E-state index in [4.69, 9.17) is 5.11 Å². The van der Waals surface area contributed by atoms with E-state index in [9.17, 15) is 38.1 Å². The van der Waals surface area contributed by atoms with Gasteiger partial charge in [0.15, 0.2) is 0 Å². The molecular formula is C15H15B2NO9S2. The minimum atomic E-state index is -4.35. The second-order valence-corrected chi connectivity index (χ2v) is 8.34. The molecule has 0 heterocycles. The molecule has 1 amide bonds. The van der Waals surface area contributed by atoms with E-state index in [1.807, 2.05) is 5.32 Å². The molecule has 0 fully saturated rings. The summed E-state index contributed by atoms with van der Waals surface area (Å²) in [5.41, 5.74) is -0.787. The van der Waals surface area contributed by atoms with Crippen LogP contribution in [0.4, 0.5) is 0 Å². The lowest BCUT2D eigenvalue weighted by molar-refractivity contribution is -0.135. The van der Waals surface area contributed by atoms with Crippen LogP contribution in [0, 0.1) is 0 Å². The summed E-state index contributed by atoms with van der Waals surface area (Å²) in [7, 11) is -8.42. The smallest absolute Gasteiger partial charge is 0.480 e. The molecule has 0 spiro atoms. The standard InChI is InChI=1S/C15H15B2NO9S2/c19-14(20)7-18-15(21)8-1-9(16(22)23)4-12(2-8)29(26,27)13-5-10(17(24)25)3-11(28)6-13/h1-6,22-25,28H,7H2,(H,18,21)(H,19,20). The van der Waals surface area contributed by atoms with Crippen molar-refractivity contribution >= 4 is 59.5 Å². The maximum Gasteiger partial charge on any atom is 0.488 e. The van der Waals surface area contributed by atoms with Crippen LogP contribution in [0.15, 0.2) is 51.1 Å². The molecule has 0 aliphatic carbocycles. The van der Waals surface area contributed by atoms with Crippen LogP contribution in [0.5, 0.6) is 0 Å². The zero-order valence-electron chi connectivity index (χ0n) is 14.6. The van der Waals surface area contributed by atoms with Gasteiger partial charge >= 0.3 is 20.2 Å². The van der Waals surface area contributed by atoms with Gasteiger partial charge in [-0.2, -0.15) is 0 Å². The highest BCUT2D eigenvalue weighted by Gasteiger charge is 2.25. The van der Waals surface area contributed by atoms with Crippen molar-refractivity contribution in [3.8, 4) is 0 Å². The molecular weight excluding hydrogens is 424 g/mol. The highest BCUT2D eigenvalue weighted by Crippen LogP contribution is 2.23. The maximum atomic E-state index is 13.0. The van der Waals surface area contributed by atoms with Gasteiger partial charge in [0, 0.05) is 10.5 Å². The van der Waals surface area contributed by atoms with Crippen LogP contribution in [0.25, 0.3) is 0 Å². The number of nitrogens with one attached hydrogen (secondary N) is 1. The summed E-state index contributed by atoms with van der Waals surface area (Å²) in [5, 5.41) is 48.1. The average molecular weight is 439 g/mol. The quantitative estimate of drug-likeness (QED) is 0.175. The van der Waals surface area contributed by atoms with Gasteiger partial charge in [-0.05, 0) is 47.3 Å². The summed E-state index contributed by atoms with van der Waals surface area (Å²) in [4.78, 5) is 22.0. The summed E-state index contributed by atoms with van der Waals surface area (Å²) in [5.74, 6) is -2.27. The van der Waals surface area contributed by atoms with Gasteiger partial charge in [0.1, 0.15) is 6.54 Å². The van der Waals surface area contributed by atoms with Crippen molar-refractivity contribution in [1.82, 2.24) is 5.32 Å². The number of amides is 1. The van der Waals surface area contributed by atoms with Crippen LogP contribution in [0.3, 0.4) is 0 Å². The van der Waals surface area contributed by atoms with Crippen molar-refractivity contribution in [2.75, 3.05) is 6.54 Å². The van der Waals surface area contributed by atoms with E-state index in [-0.39, 0.29) is 26.3 Å². The first-order valence-corrected chi connectivity index (χ1v) is 9.81. The Morgan fingerprint density at radius 3 is 1.93 bits per heavy atom. The number of carbonyl (C=O) groups is 2. The van der Waals surface area contributed by atoms with Gasteiger partial charge in [-0.15, -0.1) is 12.6 Å². The third-order valence-electron chi connectivity index (χ3n) is 3.72. The molecule has 0 bridgehead atoms. The Labute approximate surface area is 171 Å². The van der Waals surface area contributed by atoms with Gasteiger partial charge in [-0.3, -0.25) is 9.59 Å². The first-order valence-electron chi connectivity index (χ1n) is 7.88. The fourth-order valence-electron chi connectivity index (χ4n) is 2.36. The molecule has 29 heavy (non-hydrogen) atoms. The topological polar surface area (TPSA) is 181 Å². The van der Waals surface area contributed by atoms with Crippen molar-refractivity contribution in [3.05, 3.63) is 42.0 Å². The first-order chi connectivity index (χ1) is 13.4. The van der Waals surface area contributed by atoms with Crippen LogP contribution < -0.4 is 16.2 Å². The third kappa shape index (κ3) is 5.59. The van der Waals surface area contributed by atoms with Gasteiger partial charge in [-0.25, -0.2) is 8.42 Å². The van der Waals surface area contributed by atoms with E-state index >= 15 is 0 Å². The molecule has 0 atom stereocenters. The highest BCUT2D eigenvalue weighted by atomic mass is 32.2. The van der Waals surface area contributed by atoms with E-state index in [1.165, 1.54) is 6.07 Å². The molecule has 2 aromatic carbocycles. The Kier molecular flexibility index (Phi) is 7.11. The number of hydrogen-bond acceptors (Lipinski definition) is 9. The fourth-order valence-corrected chi connectivity index (χ4v) is 4.16. The molecule has 10 nitrogen and oxygen atoms in total. The lowest BCUT2D eigenvalue weighted by Gasteiger charge is -2.12. The molecule has 14 heteroatoms. The van der Waals surface area contributed by atoms with E-state index in [2.05, 4.69) is 12.6 Å². The molecule has 0 aliphatic heterocycles. The zero-order valence-corrected chi connectivity index (χ0v) is 16.3. The van der Waals surface area contributed by atoms with Crippen LogP contribution in [0.2, 0.25) is 0 Å². The minimum Gasteiger partial charge on any atom is -0.480 e.